The fraction of sp³-hybridized carbons (Fsp3) is 0.250. The zero-order valence-corrected chi connectivity index (χ0v) is 21.1. The maximum absolute atomic E-state index is 12.9. The summed E-state index contributed by atoms with van der Waals surface area (Å²) in [6.45, 7) is 1.92. The van der Waals surface area contributed by atoms with Gasteiger partial charge in [0.15, 0.2) is 0 Å². The summed E-state index contributed by atoms with van der Waals surface area (Å²) in [5.41, 5.74) is 2.37. The van der Waals surface area contributed by atoms with Crippen LogP contribution in [-0.2, 0) is 19.1 Å². The average molecular weight is 544 g/mol. The first-order valence-corrected chi connectivity index (χ1v) is 11.9. The number of carbonyl (C=O) groups excluding carboxylic acids is 3. The molecule has 0 saturated heterocycles. The summed E-state index contributed by atoms with van der Waals surface area (Å²) in [7, 11) is 2.70. The van der Waals surface area contributed by atoms with E-state index in [2.05, 4.69) is 32.6 Å². The average Bonchev–Trinajstić information content (AvgIpc) is 2.81. The number of ether oxygens (including phenoxy) is 2. The van der Waals surface area contributed by atoms with E-state index in [-0.39, 0.29) is 22.3 Å². The van der Waals surface area contributed by atoms with Crippen molar-refractivity contribution in [3.63, 3.8) is 0 Å². The molecule has 0 bridgehead atoms. The summed E-state index contributed by atoms with van der Waals surface area (Å²) in [5, 5.41) is 15.6. The molecule has 2 N–H and O–H groups in total. The predicted molar refractivity (Wildman–Crippen MR) is 132 cm³/mol. The fourth-order valence-electron chi connectivity index (χ4n) is 3.61. The summed E-state index contributed by atoms with van der Waals surface area (Å²) >= 11 is 4.43. The number of hydrogen-bond donors (Lipinski definition) is 2. The van der Waals surface area contributed by atoms with Gasteiger partial charge in [-0.2, -0.15) is 5.26 Å². The first kappa shape index (κ1) is 25.3. The quantitative estimate of drug-likeness (QED) is 0.402. The second kappa shape index (κ2) is 11.2. The van der Waals surface area contributed by atoms with Crippen LogP contribution in [-0.4, -0.2) is 37.8 Å². The Morgan fingerprint density at radius 2 is 2.00 bits per heavy atom. The molecule has 0 fully saturated rings. The molecule has 0 unspecified atom stereocenters. The van der Waals surface area contributed by atoms with Crippen LogP contribution in [0, 0.1) is 24.2 Å². The Balaban J connectivity index is 1.93. The van der Waals surface area contributed by atoms with E-state index < -0.39 is 23.7 Å². The Labute approximate surface area is 209 Å². The molecule has 34 heavy (non-hydrogen) atoms. The highest BCUT2D eigenvalue weighted by molar-refractivity contribution is 9.10. The van der Waals surface area contributed by atoms with E-state index in [1.54, 1.807) is 24.3 Å². The third kappa shape index (κ3) is 5.61. The minimum absolute atomic E-state index is 0.0450. The molecule has 1 aliphatic rings. The number of rotatable bonds is 7. The fourth-order valence-corrected chi connectivity index (χ4v) is 5.02. The van der Waals surface area contributed by atoms with Gasteiger partial charge in [0.05, 0.1) is 41.1 Å². The van der Waals surface area contributed by atoms with Crippen LogP contribution >= 0.6 is 27.7 Å². The number of amides is 2. The molecule has 0 saturated carbocycles. The lowest BCUT2D eigenvalue weighted by Crippen LogP contribution is -2.44. The largest absolute Gasteiger partial charge is 0.496 e. The van der Waals surface area contributed by atoms with Gasteiger partial charge >= 0.3 is 5.97 Å². The van der Waals surface area contributed by atoms with Crippen molar-refractivity contribution in [2.45, 2.75) is 12.8 Å². The Kier molecular flexibility index (Phi) is 8.36. The number of nitrogens with one attached hydrogen (secondary N) is 2. The Hall–Kier alpha value is -3.29. The lowest BCUT2D eigenvalue weighted by atomic mass is 9.78. The van der Waals surface area contributed by atoms with Gasteiger partial charge in [0.1, 0.15) is 11.7 Å². The van der Waals surface area contributed by atoms with E-state index in [0.29, 0.717) is 21.5 Å². The van der Waals surface area contributed by atoms with Crippen LogP contribution in [0.15, 0.2) is 57.5 Å². The summed E-state index contributed by atoms with van der Waals surface area (Å²) in [4.78, 5) is 37.9. The van der Waals surface area contributed by atoms with E-state index in [9.17, 15) is 19.6 Å². The normalized spacial score (nSPS) is 17.4. The summed E-state index contributed by atoms with van der Waals surface area (Å²) < 4.78 is 10.7. The van der Waals surface area contributed by atoms with Gasteiger partial charge in [0.2, 0.25) is 11.8 Å². The maximum Gasteiger partial charge on any atom is 0.319 e. The zero-order chi connectivity index (χ0) is 24.8. The van der Waals surface area contributed by atoms with Crippen molar-refractivity contribution in [1.29, 1.82) is 5.26 Å². The molecule has 2 aromatic rings. The second-order valence-electron chi connectivity index (χ2n) is 7.42. The van der Waals surface area contributed by atoms with Gasteiger partial charge in [-0.05, 0) is 58.2 Å². The number of halogens is 1. The molecule has 1 aliphatic heterocycles. The van der Waals surface area contributed by atoms with Gasteiger partial charge < -0.3 is 20.1 Å². The highest BCUT2D eigenvalue weighted by Crippen LogP contribution is 2.42. The Morgan fingerprint density at radius 1 is 1.24 bits per heavy atom. The molecule has 8 nitrogen and oxygen atoms in total. The number of anilines is 1. The van der Waals surface area contributed by atoms with E-state index in [4.69, 9.17) is 9.47 Å². The van der Waals surface area contributed by atoms with Gasteiger partial charge in [0.25, 0.3) is 0 Å². The minimum Gasteiger partial charge on any atom is -0.496 e. The number of benzene rings is 2. The van der Waals surface area contributed by atoms with Crippen LogP contribution in [0.5, 0.6) is 5.75 Å². The van der Waals surface area contributed by atoms with E-state index in [1.165, 1.54) is 14.2 Å². The van der Waals surface area contributed by atoms with Crippen molar-refractivity contribution >= 4 is 51.2 Å². The monoisotopic (exact) mass is 543 g/mol. The molecular weight excluding hydrogens is 522 g/mol. The number of nitriles is 1. The molecule has 0 aromatic heterocycles. The van der Waals surface area contributed by atoms with Crippen LogP contribution in [0.2, 0.25) is 0 Å². The third-order valence-electron chi connectivity index (χ3n) is 5.17. The summed E-state index contributed by atoms with van der Waals surface area (Å²) in [6.07, 6.45) is 0. The zero-order valence-electron chi connectivity index (χ0n) is 18.7. The number of allylic oxidation sites excluding steroid dienone is 1. The smallest absolute Gasteiger partial charge is 0.319 e. The molecule has 0 spiro atoms. The topological polar surface area (TPSA) is 118 Å². The Morgan fingerprint density at radius 3 is 2.62 bits per heavy atom. The van der Waals surface area contributed by atoms with Crippen molar-refractivity contribution in [3.8, 4) is 11.8 Å². The van der Waals surface area contributed by atoms with Crippen molar-refractivity contribution in [3.05, 3.63) is 68.7 Å². The predicted octanol–water partition coefficient (Wildman–Crippen LogP) is 3.88. The van der Waals surface area contributed by atoms with Crippen molar-refractivity contribution in [2.75, 3.05) is 25.3 Å². The third-order valence-corrected chi connectivity index (χ3v) is 6.81. The van der Waals surface area contributed by atoms with Gasteiger partial charge in [0, 0.05) is 11.6 Å². The van der Waals surface area contributed by atoms with Crippen molar-refractivity contribution in [1.82, 2.24) is 5.32 Å². The first-order valence-electron chi connectivity index (χ1n) is 10.1. The van der Waals surface area contributed by atoms with Crippen LogP contribution in [0.3, 0.4) is 0 Å². The van der Waals surface area contributed by atoms with Crippen LogP contribution in [0.1, 0.15) is 17.0 Å². The van der Waals surface area contributed by atoms with E-state index in [0.717, 1.165) is 17.3 Å². The highest BCUT2D eigenvalue weighted by Gasteiger charge is 2.44. The number of nitrogens with zero attached hydrogens (tertiary/aromatic N) is 1. The molecule has 0 aliphatic carbocycles. The molecule has 2 atom stereocenters. The number of carbonyl (C=O) groups is 3. The van der Waals surface area contributed by atoms with Gasteiger partial charge in [-0.15, -0.1) is 0 Å². The van der Waals surface area contributed by atoms with Crippen LogP contribution < -0.4 is 15.4 Å². The first-order chi connectivity index (χ1) is 16.3. The standard InChI is InChI=1S/C24H22BrN3O5S/c1-13-5-4-6-15(9-13)27-19(29)12-34-23-16(11-26)20(21(22(30)28-23)24(31)33-3)14-7-8-18(32-2)17(25)10-14/h4-10,20-21H,12H2,1-3H3,(H,27,29)(H,28,30)/t20-,21+/m0/s1. The molecule has 1 heterocycles. The minimum atomic E-state index is -1.26. The molecule has 2 amide bonds. The van der Waals surface area contributed by atoms with Crippen LogP contribution in [0.4, 0.5) is 5.69 Å². The van der Waals surface area contributed by atoms with Gasteiger partial charge in [-0.1, -0.05) is 30.0 Å². The highest BCUT2D eigenvalue weighted by atomic mass is 79.9. The SMILES string of the molecule is COC(=O)[C@H]1C(=O)NC(SCC(=O)Nc2cccc(C)c2)=C(C#N)[C@@H]1c1ccc(OC)c(Br)c1. The van der Waals surface area contributed by atoms with Gasteiger partial charge in [-0.3, -0.25) is 14.4 Å². The van der Waals surface area contributed by atoms with Crippen molar-refractivity contribution < 1.29 is 23.9 Å². The maximum atomic E-state index is 12.9. The number of hydrogen-bond acceptors (Lipinski definition) is 7. The number of aryl methyl sites for hydroxylation is 1. The molecule has 176 valence electrons. The summed E-state index contributed by atoms with van der Waals surface area (Å²) in [5.74, 6) is -3.30. The second-order valence-corrected chi connectivity index (χ2v) is 9.26. The molecule has 2 aromatic carbocycles. The lowest BCUT2D eigenvalue weighted by Gasteiger charge is -2.31. The Bertz CT molecular complexity index is 1210. The molecule has 0 radical (unpaired) electrons. The number of thioether (sulfide) groups is 1. The van der Waals surface area contributed by atoms with Crippen LogP contribution in [0.25, 0.3) is 0 Å². The summed E-state index contributed by atoms with van der Waals surface area (Å²) in [6, 6.07) is 14.5. The van der Waals surface area contributed by atoms with E-state index in [1.807, 2.05) is 25.1 Å². The number of methoxy groups -OCH3 is 2. The molecule has 3 rings (SSSR count). The lowest BCUT2D eigenvalue weighted by molar-refractivity contribution is -0.150. The van der Waals surface area contributed by atoms with E-state index >= 15 is 0 Å². The number of esters is 1. The molecule has 10 heteroatoms. The van der Waals surface area contributed by atoms with Crippen molar-refractivity contribution in [2.24, 2.45) is 5.92 Å². The van der Waals surface area contributed by atoms with Gasteiger partial charge in [-0.25, -0.2) is 0 Å². The molecular formula is C24H22BrN3O5S.